The van der Waals surface area contributed by atoms with Gasteiger partial charge in [0.15, 0.2) is 9.84 Å². The molecule has 0 amide bonds. The van der Waals surface area contributed by atoms with Crippen molar-refractivity contribution in [3.8, 4) is 0 Å². The lowest BCUT2D eigenvalue weighted by molar-refractivity contribution is 0.300. The fourth-order valence-corrected chi connectivity index (χ4v) is 4.95. The zero-order chi connectivity index (χ0) is 12.8. The van der Waals surface area contributed by atoms with Crippen LogP contribution in [0.1, 0.15) is 43.2 Å². The molecule has 1 heterocycles. The van der Waals surface area contributed by atoms with Gasteiger partial charge in [0.1, 0.15) is 0 Å². The van der Waals surface area contributed by atoms with Crippen LogP contribution in [0.5, 0.6) is 0 Å². The summed E-state index contributed by atoms with van der Waals surface area (Å²) in [4.78, 5) is 0.524. The number of fused-ring (bicyclic) bond motifs is 1. The lowest BCUT2D eigenvalue weighted by Crippen LogP contribution is -2.39. The number of rotatable bonds is 1. The fraction of sp³-hybridized carbons (Fsp3) is 0.571. The summed E-state index contributed by atoms with van der Waals surface area (Å²) >= 11 is 0. The second-order valence-corrected chi connectivity index (χ2v) is 7.65. The molecule has 2 N–H and O–H groups in total. The Balaban J connectivity index is 2.12. The van der Waals surface area contributed by atoms with Gasteiger partial charge in [-0.25, -0.2) is 8.42 Å². The van der Waals surface area contributed by atoms with Gasteiger partial charge < -0.3 is 5.73 Å². The second kappa shape index (κ2) is 4.07. The molecule has 2 aliphatic rings. The molecular formula is C14H19NO2S. The van der Waals surface area contributed by atoms with Crippen LogP contribution in [0.2, 0.25) is 0 Å². The zero-order valence-corrected chi connectivity index (χ0v) is 11.3. The first-order valence-electron chi connectivity index (χ1n) is 6.67. The number of sulfone groups is 1. The molecule has 1 aliphatic carbocycles. The Hall–Kier alpha value is -0.870. The van der Waals surface area contributed by atoms with Crippen LogP contribution < -0.4 is 5.73 Å². The van der Waals surface area contributed by atoms with E-state index in [1.165, 1.54) is 6.42 Å². The van der Waals surface area contributed by atoms with E-state index < -0.39 is 9.84 Å². The molecule has 0 unspecified atom stereocenters. The van der Waals surface area contributed by atoms with Crippen LogP contribution in [0.3, 0.4) is 0 Å². The molecule has 18 heavy (non-hydrogen) atoms. The van der Waals surface area contributed by atoms with Crippen LogP contribution in [-0.2, 0) is 21.8 Å². The van der Waals surface area contributed by atoms with Gasteiger partial charge >= 0.3 is 0 Å². The van der Waals surface area contributed by atoms with E-state index >= 15 is 0 Å². The summed E-state index contributed by atoms with van der Waals surface area (Å²) < 4.78 is 23.9. The smallest absolute Gasteiger partial charge is 0.178 e. The van der Waals surface area contributed by atoms with Gasteiger partial charge in [-0.05, 0) is 36.5 Å². The summed E-state index contributed by atoms with van der Waals surface area (Å²) in [6.45, 7) is 0. The number of hydrogen-bond donors (Lipinski definition) is 1. The molecule has 1 saturated carbocycles. The summed E-state index contributed by atoms with van der Waals surface area (Å²) in [5.41, 5.74) is 8.32. The molecule has 0 atom stereocenters. The number of hydrogen-bond acceptors (Lipinski definition) is 3. The topological polar surface area (TPSA) is 60.2 Å². The molecule has 1 aromatic carbocycles. The van der Waals surface area contributed by atoms with Crippen LogP contribution in [0.15, 0.2) is 23.1 Å². The molecule has 0 aromatic heterocycles. The van der Waals surface area contributed by atoms with Crippen LogP contribution >= 0.6 is 0 Å². The summed E-state index contributed by atoms with van der Waals surface area (Å²) in [6.07, 6.45) is 6.12. The number of nitrogens with two attached hydrogens (primary N) is 1. The van der Waals surface area contributed by atoms with Gasteiger partial charge in [0.25, 0.3) is 0 Å². The van der Waals surface area contributed by atoms with E-state index in [2.05, 4.69) is 0 Å². The maximum Gasteiger partial charge on any atom is 0.178 e. The molecule has 98 valence electrons. The van der Waals surface area contributed by atoms with Crippen LogP contribution in [-0.4, -0.2) is 14.2 Å². The largest absolute Gasteiger partial charge is 0.321 e. The first-order valence-corrected chi connectivity index (χ1v) is 8.32. The summed E-state index contributed by atoms with van der Waals surface area (Å²) in [5.74, 6) is 0.245. The average Bonchev–Trinajstić information content (AvgIpc) is 2.67. The molecule has 0 spiro atoms. The van der Waals surface area contributed by atoms with Gasteiger partial charge in [-0.2, -0.15) is 0 Å². The standard InChI is InChI=1S/C14H19NO2S/c15-14(8-2-1-3-9-14)12-5-4-6-13-11(12)7-10-18(13,16)17/h4-6H,1-3,7-10,15H2. The first-order chi connectivity index (χ1) is 8.53. The second-order valence-electron chi connectivity index (χ2n) is 5.57. The van der Waals surface area contributed by atoms with E-state index in [4.69, 9.17) is 5.73 Å². The van der Waals surface area contributed by atoms with Crippen molar-refractivity contribution in [3.05, 3.63) is 29.3 Å². The third-order valence-corrected chi connectivity index (χ3v) is 6.17. The maximum atomic E-state index is 12.0. The third kappa shape index (κ3) is 1.79. The third-order valence-electron chi connectivity index (χ3n) is 4.37. The minimum absolute atomic E-state index is 0.245. The molecule has 1 aliphatic heterocycles. The first kappa shape index (κ1) is 12.2. The van der Waals surface area contributed by atoms with Gasteiger partial charge in [0.2, 0.25) is 0 Å². The van der Waals surface area contributed by atoms with Gasteiger partial charge in [-0.1, -0.05) is 31.4 Å². The predicted molar refractivity (Wildman–Crippen MR) is 71.1 cm³/mol. The Bertz CT molecular complexity index is 571. The Labute approximate surface area is 108 Å². The molecule has 1 fully saturated rings. The quantitative estimate of drug-likeness (QED) is 0.846. The minimum atomic E-state index is -3.05. The highest BCUT2D eigenvalue weighted by Crippen LogP contribution is 2.40. The van der Waals surface area contributed by atoms with Crippen LogP contribution in [0, 0.1) is 0 Å². The normalized spacial score (nSPS) is 24.7. The SMILES string of the molecule is NC1(c2cccc3c2CCS3(=O)=O)CCCCC1. The predicted octanol–water partition coefficient (Wildman–Crippen LogP) is 2.13. The lowest BCUT2D eigenvalue weighted by Gasteiger charge is -2.35. The molecule has 1 aromatic rings. The minimum Gasteiger partial charge on any atom is -0.321 e. The fourth-order valence-electron chi connectivity index (χ4n) is 3.38. The van der Waals surface area contributed by atoms with E-state index in [9.17, 15) is 8.42 Å². The Morgan fingerprint density at radius 2 is 1.83 bits per heavy atom. The molecule has 0 bridgehead atoms. The van der Waals surface area contributed by atoms with Gasteiger partial charge in [0, 0.05) is 5.54 Å². The molecule has 0 radical (unpaired) electrons. The van der Waals surface area contributed by atoms with E-state index in [0.29, 0.717) is 11.3 Å². The van der Waals surface area contributed by atoms with Crippen molar-refractivity contribution < 1.29 is 8.42 Å². The molecule has 4 heteroatoms. The highest BCUT2D eigenvalue weighted by atomic mass is 32.2. The summed E-state index contributed by atoms with van der Waals surface area (Å²) in [6, 6.07) is 5.61. The highest BCUT2D eigenvalue weighted by molar-refractivity contribution is 7.91. The van der Waals surface area contributed by atoms with Crippen molar-refractivity contribution in [3.63, 3.8) is 0 Å². The zero-order valence-electron chi connectivity index (χ0n) is 10.5. The Morgan fingerprint density at radius 1 is 1.11 bits per heavy atom. The van der Waals surface area contributed by atoms with Gasteiger partial charge in [-0.15, -0.1) is 0 Å². The molecule has 3 nitrogen and oxygen atoms in total. The Morgan fingerprint density at radius 3 is 2.56 bits per heavy atom. The van der Waals surface area contributed by atoms with E-state index in [1.54, 1.807) is 6.07 Å². The van der Waals surface area contributed by atoms with Gasteiger partial charge in [0.05, 0.1) is 10.6 Å². The highest BCUT2D eigenvalue weighted by Gasteiger charge is 2.36. The van der Waals surface area contributed by atoms with Crippen LogP contribution in [0.25, 0.3) is 0 Å². The van der Waals surface area contributed by atoms with E-state index in [1.807, 2.05) is 12.1 Å². The monoisotopic (exact) mass is 265 g/mol. The molecule has 0 saturated heterocycles. The summed E-state index contributed by atoms with van der Waals surface area (Å²) in [7, 11) is -3.05. The van der Waals surface area contributed by atoms with Gasteiger partial charge in [-0.3, -0.25) is 0 Å². The van der Waals surface area contributed by atoms with Crippen molar-refractivity contribution in [2.45, 2.75) is 49.0 Å². The Kier molecular flexibility index (Phi) is 2.75. The average molecular weight is 265 g/mol. The number of benzene rings is 1. The van der Waals surface area contributed by atoms with E-state index in [0.717, 1.165) is 36.8 Å². The van der Waals surface area contributed by atoms with Crippen molar-refractivity contribution in [2.24, 2.45) is 5.73 Å². The van der Waals surface area contributed by atoms with E-state index in [-0.39, 0.29) is 11.3 Å². The molecular weight excluding hydrogens is 246 g/mol. The maximum absolute atomic E-state index is 12.0. The van der Waals surface area contributed by atoms with Crippen molar-refractivity contribution >= 4 is 9.84 Å². The van der Waals surface area contributed by atoms with Crippen LogP contribution in [0.4, 0.5) is 0 Å². The molecule has 3 rings (SSSR count). The van der Waals surface area contributed by atoms with Crippen molar-refractivity contribution in [1.29, 1.82) is 0 Å². The summed E-state index contributed by atoms with van der Waals surface area (Å²) in [5, 5.41) is 0. The lowest BCUT2D eigenvalue weighted by atomic mass is 9.75. The van der Waals surface area contributed by atoms with Crippen molar-refractivity contribution in [1.82, 2.24) is 0 Å². The van der Waals surface area contributed by atoms with Crippen molar-refractivity contribution in [2.75, 3.05) is 5.75 Å².